The molecule has 0 aliphatic carbocycles. The predicted octanol–water partition coefficient (Wildman–Crippen LogP) is 2.56. The van der Waals surface area contributed by atoms with Crippen LogP contribution in [0.4, 0.5) is 11.8 Å². The van der Waals surface area contributed by atoms with Crippen LogP contribution < -0.4 is 11.1 Å². The molecule has 0 atom stereocenters. The molecule has 0 spiro atoms. The number of aromatic amines is 1. The number of nitrogens with zero attached hydrogens (tertiary/aromatic N) is 3. The lowest BCUT2D eigenvalue weighted by molar-refractivity contribution is 0.302. The first-order valence-corrected chi connectivity index (χ1v) is 6.41. The van der Waals surface area contributed by atoms with Gasteiger partial charge in [-0.2, -0.15) is 9.97 Å². The van der Waals surface area contributed by atoms with E-state index in [-0.39, 0.29) is 16.9 Å². The molecule has 19 heavy (non-hydrogen) atoms. The number of nitrogens with two attached hydrogens (primary N) is 1. The van der Waals surface area contributed by atoms with Crippen LogP contribution in [0.1, 0.15) is 41.0 Å². The van der Waals surface area contributed by atoms with E-state index in [1.807, 2.05) is 0 Å². The van der Waals surface area contributed by atoms with Gasteiger partial charge in [0, 0.05) is 5.54 Å². The molecule has 2 rings (SSSR count). The second-order valence-electron chi connectivity index (χ2n) is 6.78. The fraction of sp³-hybridized carbons (Fsp3) is 0.615. The van der Waals surface area contributed by atoms with E-state index < -0.39 is 0 Å². The van der Waals surface area contributed by atoms with Crippen LogP contribution in [0.5, 0.6) is 0 Å². The van der Waals surface area contributed by atoms with Gasteiger partial charge in [-0.3, -0.25) is 0 Å². The van der Waals surface area contributed by atoms with E-state index in [1.165, 1.54) is 0 Å². The highest BCUT2D eigenvalue weighted by molar-refractivity contribution is 5.83. The van der Waals surface area contributed by atoms with Gasteiger partial charge >= 0.3 is 0 Å². The summed E-state index contributed by atoms with van der Waals surface area (Å²) in [7, 11) is 0. The van der Waals surface area contributed by atoms with Crippen LogP contribution in [-0.4, -0.2) is 25.5 Å². The van der Waals surface area contributed by atoms with Crippen molar-refractivity contribution in [1.29, 1.82) is 0 Å². The molecule has 2 heterocycles. The molecule has 0 amide bonds. The number of fused-ring (bicyclic) bond motifs is 1. The van der Waals surface area contributed by atoms with Crippen molar-refractivity contribution in [3.05, 3.63) is 6.33 Å². The van der Waals surface area contributed by atoms with Gasteiger partial charge in [-0.05, 0) is 25.7 Å². The Kier molecular flexibility index (Phi) is 3.12. The summed E-state index contributed by atoms with van der Waals surface area (Å²) in [6, 6.07) is 0. The van der Waals surface area contributed by atoms with Gasteiger partial charge < -0.3 is 16.0 Å². The zero-order chi connectivity index (χ0) is 14.3. The van der Waals surface area contributed by atoms with E-state index in [2.05, 4.69) is 59.9 Å². The van der Waals surface area contributed by atoms with Gasteiger partial charge in [0.25, 0.3) is 0 Å². The van der Waals surface area contributed by atoms with Crippen molar-refractivity contribution in [1.82, 2.24) is 19.9 Å². The number of imidazole rings is 1. The third-order valence-electron chi connectivity index (χ3n) is 2.73. The van der Waals surface area contributed by atoms with Gasteiger partial charge in [0.15, 0.2) is 11.5 Å². The third kappa shape index (κ3) is 3.33. The Balaban J connectivity index is 2.32. The lowest BCUT2D eigenvalue weighted by Crippen LogP contribution is -2.36. The van der Waals surface area contributed by atoms with Crippen LogP contribution in [0, 0.1) is 5.41 Å². The van der Waals surface area contributed by atoms with Crippen molar-refractivity contribution >= 4 is 22.9 Å². The Morgan fingerprint density at radius 2 is 1.89 bits per heavy atom. The number of rotatable bonds is 3. The van der Waals surface area contributed by atoms with E-state index in [0.29, 0.717) is 11.5 Å². The third-order valence-corrected chi connectivity index (χ3v) is 2.73. The minimum absolute atomic E-state index is 0.100. The number of anilines is 2. The topological polar surface area (TPSA) is 92.5 Å². The first kappa shape index (κ1) is 13.6. The molecule has 0 saturated heterocycles. The molecule has 2 aromatic heterocycles. The minimum atomic E-state index is -0.100. The Labute approximate surface area is 113 Å². The molecular formula is C13H22N6. The minimum Gasteiger partial charge on any atom is -0.368 e. The zero-order valence-corrected chi connectivity index (χ0v) is 12.2. The van der Waals surface area contributed by atoms with Crippen molar-refractivity contribution in [2.24, 2.45) is 5.41 Å². The summed E-state index contributed by atoms with van der Waals surface area (Å²) < 4.78 is 0. The fourth-order valence-corrected chi connectivity index (χ4v) is 2.63. The summed E-state index contributed by atoms with van der Waals surface area (Å²) in [6.07, 6.45) is 2.60. The normalized spacial score (nSPS) is 12.9. The van der Waals surface area contributed by atoms with Crippen LogP contribution in [0.2, 0.25) is 0 Å². The average molecular weight is 262 g/mol. The largest absolute Gasteiger partial charge is 0.368 e. The SMILES string of the molecule is CC(C)(C)CC(C)(C)Nc1nc(N)nc2nc[nH]c12. The van der Waals surface area contributed by atoms with Crippen molar-refractivity contribution in [2.75, 3.05) is 11.1 Å². The van der Waals surface area contributed by atoms with Gasteiger partial charge in [0.05, 0.1) is 6.33 Å². The Morgan fingerprint density at radius 1 is 1.21 bits per heavy atom. The summed E-state index contributed by atoms with van der Waals surface area (Å²) in [4.78, 5) is 15.5. The van der Waals surface area contributed by atoms with E-state index in [4.69, 9.17) is 5.73 Å². The van der Waals surface area contributed by atoms with Crippen molar-refractivity contribution in [3.63, 3.8) is 0 Å². The first-order valence-electron chi connectivity index (χ1n) is 6.41. The molecule has 4 N–H and O–H groups in total. The molecular weight excluding hydrogens is 240 g/mol. The number of hydrogen-bond acceptors (Lipinski definition) is 5. The Bertz CT molecular complexity index is 578. The highest BCUT2D eigenvalue weighted by atomic mass is 15.2. The van der Waals surface area contributed by atoms with Crippen LogP contribution in [-0.2, 0) is 0 Å². The van der Waals surface area contributed by atoms with E-state index in [1.54, 1.807) is 6.33 Å². The monoisotopic (exact) mass is 262 g/mol. The average Bonchev–Trinajstić information content (AvgIpc) is 2.59. The molecule has 6 heteroatoms. The smallest absolute Gasteiger partial charge is 0.224 e. The Morgan fingerprint density at radius 3 is 2.53 bits per heavy atom. The second-order valence-corrected chi connectivity index (χ2v) is 6.78. The fourth-order valence-electron chi connectivity index (χ4n) is 2.63. The summed E-state index contributed by atoms with van der Waals surface area (Å²) in [5, 5.41) is 3.44. The quantitative estimate of drug-likeness (QED) is 0.790. The zero-order valence-electron chi connectivity index (χ0n) is 12.2. The number of H-pyrrole nitrogens is 1. The molecule has 0 aromatic carbocycles. The lowest BCUT2D eigenvalue weighted by atomic mass is 9.82. The Hall–Kier alpha value is -1.85. The highest BCUT2D eigenvalue weighted by Gasteiger charge is 2.26. The maximum atomic E-state index is 5.71. The van der Waals surface area contributed by atoms with Gasteiger partial charge in [-0.1, -0.05) is 20.8 Å². The number of nitrogens with one attached hydrogen (secondary N) is 2. The molecule has 0 saturated carbocycles. The summed E-state index contributed by atoms with van der Waals surface area (Å²) in [6.45, 7) is 11.0. The molecule has 104 valence electrons. The highest BCUT2D eigenvalue weighted by Crippen LogP contribution is 2.30. The van der Waals surface area contributed by atoms with Crippen LogP contribution in [0.3, 0.4) is 0 Å². The van der Waals surface area contributed by atoms with E-state index in [9.17, 15) is 0 Å². The van der Waals surface area contributed by atoms with Gasteiger partial charge in [0.2, 0.25) is 5.95 Å². The maximum absolute atomic E-state index is 5.71. The molecule has 0 radical (unpaired) electrons. The number of hydrogen-bond donors (Lipinski definition) is 3. The summed E-state index contributed by atoms with van der Waals surface area (Å²) in [5.41, 5.74) is 7.21. The standard InChI is InChI=1S/C13H22N6/c1-12(2,3)6-13(4,5)19-10-8-9(16-7-15-8)17-11(14)18-10/h7H,6H2,1-5H3,(H4,14,15,16,17,18,19). The first-order chi connectivity index (χ1) is 8.66. The molecule has 0 aliphatic heterocycles. The maximum Gasteiger partial charge on any atom is 0.224 e. The lowest BCUT2D eigenvalue weighted by Gasteiger charge is -2.33. The van der Waals surface area contributed by atoms with Crippen LogP contribution in [0.15, 0.2) is 6.33 Å². The molecule has 6 nitrogen and oxygen atoms in total. The molecule has 0 aliphatic rings. The predicted molar refractivity (Wildman–Crippen MR) is 77.9 cm³/mol. The molecule has 2 aromatic rings. The molecule has 0 fully saturated rings. The number of nitrogen functional groups attached to an aromatic ring is 1. The van der Waals surface area contributed by atoms with Crippen molar-refractivity contribution in [3.8, 4) is 0 Å². The van der Waals surface area contributed by atoms with Gasteiger partial charge in [-0.25, -0.2) is 4.98 Å². The number of aromatic nitrogens is 4. The van der Waals surface area contributed by atoms with E-state index >= 15 is 0 Å². The van der Waals surface area contributed by atoms with Gasteiger partial charge in [0.1, 0.15) is 5.52 Å². The van der Waals surface area contributed by atoms with Gasteiger partial charge in [-0.15, -0.1) is 0 Å². The second kappa shape index (κ2) is 4.36. The van der Waals surface area contributed by atoms with Crippen LogP contribution >= 0.6 is 0 Å². The molecule has 0 unspecified atom stereocenters. The van der Waals surface area contributed by atoms with Crippen molar-refractivity contribution < 1.29 is 0 Å². The van der Waals surface area contributed by atoms with Crippen LogP contribution in [0.25, 0.3) is 11.2 Å². The molecule has 0 bridgehead atoms. The summed E-state index contributed by atoms with van der Waals surface area (Å²) in [5.74, 6) is 0.933. The van der Waals surface area contributed by atoms with Crippen molar-refractivity contribution in [2.45, 2.75) is 46.6 Å². The summed E-state index contributed by atoms with van der Waals surface area (Å²) >= 11 is 0. The van der Waals surface area contributed by atoms with E-state index in [0.717, 1.165) is 11.9 Å².